The van der Waals surface area contributed by atoms with Gasteiger partial charge < -0.3 is 14.6 Å². The molecule has 0 amide bonds. The van der Waals surface area contributed by atoms with Gasteiger partial charge in [0.05, 0.1) is 6.61 Å². The van der Waals surface area contributed by atoms with Gasteiger partial charge in [0.1, 0.15) is 6.11 Å². The van der Waals surface area contributed by atoms with Crippen molar-refractivity contribution in [3.8, 4) is 12.0 Å². The molecular formula is C9H14O3. The van der Waals surface area contributed by atoms with Gasteiger partial charge in [0.25, 0.3) is 0 Å². The fourth-order valence-electron chi connectivity index (χ4n) is 1.14. The molecule has 3 nitrogen and oxygen atoms in total. The fraction of sp³-hybridized carbons (Fsp3) is 0.778. The molecular weight excluding hydrogens is 156 g/mol. The van der Waals surface area contributed by atoms with Crippen LogP contribution in [0, 0.1) is 12.0 Å². The summed E-state index contributed by atoms with van der Waals surface area (Å²) in [6, 6.07) is 0. The van der Waals surface area contributed by atoms with E-state index in [1.165, 1.54) is 6.42 Å². The molecule has 1 aliphatic rings. The Labute approximate surface area is 72.7 Å². The Hall–Kier alpha value is -0.720. The SMILES string of the molecule is OC#CCCOC1CCCCO1. The van der Waals surface area contributed by atoms with E-state index in [-0.39, 0.29) is 6.29 Å². The van der Waals surface area contributed by atoms with E-state index < -0.39 is 0 Å². The van der Waals surface area contributed by atoms with Crippen LogP contribution < -0.4 is 0 Å². The molecule has 1 atom stereocenters. The van der Waals surface area contributed by atoms with Gasteiger partial charge >= 0.3 is 0 Å². The summed E-state index contributed by atoms with van der Waals surface area (Å²) in [5.41, 5.74) is 0. The van der Waals surface area contributed by atoms with E-state index in [1.807, 2.05) is 6.11 Å². The van der Waals surface area contributed by atoms with Crippen LogP contribution in [0.5, 0.6) is 0 Å². The first-order valence-corrected chi connectivity index (χ1v) is 4.28. The first-order valence-electron chi connectivity index (χ1n) is 4.28. The first-order chi connectivity index (χ1) is 5.93. The minimum Gasteiger partial charge on any atom is -0.462 e. The lowest BCUT2D eigenvalue weighted by Gasteiger charge is -2.22. The quantitative estimate of drug-likeness (QED) is 0.512. The van der Waals surface area contributed by atoms with Gasteiger partial charge in [-0.15, -0.1) is 0 Å². The van der Waals surface area contributed by atoms with Crippen molar-refractivity contribution in [3.63, 3.8) is 0 Å². The van der Waals surface area contributed by atoms with E-state index in [9.17, 15) is 0 Å². The van der Waals surface area contributed by atoms with Gasteiger partial charge in [-0.3, -0.25) is 0 Å². The molecule has 1 aliphatic heterocycles. The predicted molar refractivity (Wildman–Crippen MR) is 43.9 cm³/mol. The van der Waals surface area contributed by atoms with E-state index in [0.29, 0.717) is 13.0 Å². The molecule has 1 unspecified atom stereocenters. The Kier molecular flexibility index (Phi) is 4.58. The molecule has 0 aromatic rings. The van der Waals surface area contributed by atoms with E-state index >= 15 is 0 Å². The zero-order valence-electron chi connectivity index (χ0n) is 7.08. The lowest BCUT2D eigenvalue weighted by Crippen LogP contribution is -2.22. The maximum atomic E-state index is 8.16. The van der Waals surface area contributed by atoms with Crippen molar-refractivity contribution in [1.82, 2.24) is 0 Å². The van der Waals surface area contributed by atoms with E-state index in [2.05, 4.69) is 5.92 Å². The minimum absolute atomic E-state index is 0.0424. The molecule has 0 aromatic carbocycles. The molecule has 0 aromatic heterocycles. The molecule has 1 heterocycles. The normalized spacial score (nSPS) is 22.8. The van der Waals surface area contributed by atoms with Crippen molar-refractivity contribution in [2.24, 2.45) is 0 Å². The highest BCUT2D eigenvalue weighted by atomic mass is 16.7. The fourth-order valence-corrected chi connectivity index (χ4v) is 1.14. The number of hydrogen-bond donors (Lipinski definition) is 1. The molecule has 1 saturated heterocycles. The van der Waals surface area contributed by atoms with Crippen molar-refractivity contribution in [2.75, 3.05) is 13.2 Å². The third-order valence-corrected chi connectivity index (χ3v) is 1.75. The number of hydrogen-bond acceptors (Lipinski definition) is 3. The predicted octanol–water partition coefficient (Wildman–Crippen LogP) is 1.25. The molecule has 0 bridgehead atoms. The molecule has 0 saturated carbocycles. The summed E-state index contributed by atoms with van der Waals surface area (Å²) in [6.45, 7) is 1.34. The topological polar surface area (TPSA) is 38.7 Å². The maximum Gasteiger partial charge on any atom is 0.157 e. The van der Waals surface area contributed by atoms with E-state index in [4.69, 9.17) is 14.6 Å². The van der Waals surface area contributed by atoms with Gasteiger partial charge in [-0.25, -0.2) is 0 Å². The Morgan fingerprint density at radius 3 is 3.08 bits per heavy atom. The minimum atomic E-state index is -0.0424. The van der Waals surface area contributed by atoms with Crippen LogP contribution in [0.4, 0.5) is 0 Å². The standard InChI is InChI=1S/C9H14O3/c10-6-2-4-8-12-9-5-1-3-7-11-9/h9-10H,1,3-5,7-8H2. The highest BCUT2D eigenvalue weighted by Crippen LogP contribution is 2.13. The Balaban J connectivity index is 2.00. The van der Waals surface area contributed by atoms with Crippen LogP contribution in [0.1, 0.15) is 25.7 Å². The maximum absolute atomic E-state index is 8.16. The van der Waals surface area contributed by atoms with Gasteiger partial charge in [-0.05, 0) is 19.3 Å². The average molecular weight is 170 g/mol. The van der Waals surface area contributed by atoms with Crippen LogP contribution in [0.2, 0.25) is 0 Å². The van der Waals surface area contributed by atoms with Crippen LogP contribution in [0.15, 0.2) is 0 Å². The summed E-state index contributed by atoms with van der Waals surface area (Å²) in [7, 11) is 0. The summed E-state index contributed by atoms with van der Waals surface area (Å²) >= 11 is 0. The van der Waals surface area contributed by atoms with Gasteiger partial charge in [0.2, 0.25) is 0 Å². The van der Waals surface area contributed by atoms with Crippen molar-refractivity contribution in [1.29, 1.82) is 0 Å². The monoisotopic (exact) mass is 170 g/mol. The van der Waals surface area contributed by atoms with Gasteiger partial charge in [-0.1, -0.05) is 5.92 Å². The van der Waals surface area contributed by atoms with E-state index in [0.717, 1.165) is 19.4 Å². The molecule has 3 heteroatoms. The third-order valence-electron chi connectivity index (χ3n) is 1.75. The summed E-state index contributed by atoms with van der Waals surface area (Å²) in [6.07, 6.45) is 5.65. The largest absolute Gasteiger partial charge is 0.462 e. The molecule has 1 rings (SSSR count). The summed E-state index contributed by atoms with van der Waals surface area (Å²) in [5, 5.41) is 8.16. The highest BCUT2D eigenvalue weighted by Gasteiger charge is 2.12. The zero-order valence-corrected chi connectivity index (χ0v) is 7.08. The third kappa shape index (κ3) is 3.61. The lowest BCUT2D eigenvalue weighted by atomic mass is 10.2. The van der Waals surface area contributed by atoms with Crippen LogP contribution in [0.3, 0.4) is 0 Å². The summed E-state index contributed by atoms with van der Waals surface area (Å²) < 4.78 is 10.7. The molecule has 0 aliphatic carbocycles. The lowest BCUT2D eigenvalue weighted by molar-refractivity contribution is -0.161. The number of rotatable bonds is 3. The molecule has 0 spiro atoms. The first kappa shape index (κ1) is 9.37. The molecule has 68 valence electrons. The molecule has 0 radical (unpaired) electrons. The smallest absolute Gasteiger partial charge is 0.157 e. The van der Waals surface area contributed by atoms with Crippen molar-refractivity contribution < 1.29 is 14.6 Å². The van der Waals surface area contributed by atoms with Crippen molar-refractivity contribution >= 4 is 0 Å². The molecule has 1 fully saturated rings. The Morgan fingerprint density at radius 2 is 2.42 bits per heavy atom. The number of aliphatic hydroxyl groups excluding tert-OH is 1. The number of ether oxygens (including phenoxy) is 2. The zero-order chi connectivity index (χ0) is 8.65. The highest BCUT2D eigenvalue weighted by molar-refractivity contribution is 4.88. The second-order valence-corrected chi connectivity index (χ2v) is 2.71. The summed E-state index contributed by atoms with van der Waals surface area (Å²) in [4.78, 5) is 0. The Bertz CT molecular complexity index is 162. The van der Waals surface area contributed by atoms with E-state index in [1.54, 1.807) is 0 Å². The Morgan fingerprint density at radius 1 is 1.50 bits per heavy atom. The second kappa shape index (κ2) is 5.87. The van der Waals surface area contributed by atoms with Gasteiger partial charge in [-0.2, -0.15) is 0 Å². The van der Waals surface area contributed by atoms with Gasteiger partial charge in [0, 0.05) is 13.0 Å². The van der Waals surface area contributed by atoms with Gasteiger partial charge in [0.15, 0.2) is 6.29 Å². The molecule has 1 N–H and O–H groups in total. The van der Waals surface area contributed by atoms with Crippen LogP contribution >= 0.6 is 0 Å². The summed E-state index contributed by atoms with van der Waals surface area (Å²) in [5.74, 6) is 2.51. The average Bonchev–Trinajstić information content (AvgIpc) is 2.14. The second-order valence-electron chi connectivity index (χ2n) is 2.71. The number of aliphatic hydroxyl groups is 1. The van der Waals surface area contributed by atoms with Crippen molar-refractivity contribution in [3.05, 3.63) is 0 Å². The van der Waals surface area contributed by atoms with Crippen LogP contribution in [-0.2, 0) is 9.47 Å². The van der Waals surface area contributed by atoms with Crippen LogP contribution in [-0.4, -0.2) is 24.6 Å². The molecule has 12 heavy (non-hydrogen) atoms. The van der Waals surface area contributed by atoms with Crippen molar-refractivity contribution in [2.45, 2.75) is 32.0 Å². The van der Waals surface area contributed by atoms with Crippen LogP contribution in [0.25, 0.3) is 0 Å².